The molecule has 100 valence electrons. The Morgan fingerprint density at radius 2 is 2.28 bits per heavy atom. The SMILES string of the molecule is C#CCC(NC(=O)N1CCCCC1CC)C(=O)O. The van der Waals surface area contributed by atoms with Gasteiger partial charge >= 0.3 is 12.0 Å². The van der Waals surface area contributed by atoms with Gasteiger partial charge in [-0.05, 0) is 25.7 Å². The minimum Gasteiger partial charge on any atom is -0.480 e. The van der Waals surface area contributed by atoms with Gasteiger partial charge in [0.05, 0.1) is 0 Å². The molecule has 1 aliphatic heterocycles. The third-order valence-electron chi connectivity index (χ3n) is 3.28. The zero-order valence-electron chi connectivity index (χ0n) is 10.7. The normalized spacial score (nSPS) is 20.9. The fourth-order valence-electron chi connectivity index (χ4n) is 2.24. The van der Waals surface area contributed by atoms with Crippen molar-refractivity contribution in [1.82, 2.24) is 10.2 Å². The average molecular weight is 252 g/mol. The van der Waals surface area contributed by atoms with E-state index in [2.05, 4.69) is 11.2 Å². The molecule has 2 N–H and O–H groups in total. The van der Waals surface area contributed by atoms with E-state index in [-0.39, 0.29) is 18.5 Å². The number of amides is 2. The van der Waals surface area contributed by atoms with Gasteiger partial charge in [-0.25, -0.2) is 9.59 Å². The number of nitrogens with zero attached hydrogens (tertiary/aromatic N) is 1. The van der Waals surface area contributed by atoms with Gasteiger partial charge in [-0.3, -0.25) is 0 Å². The smallest absolute Gasteiger partial charge is 0.327 e. The van der Waals surface area contributed by atoms with Crippen molar-refractivity contribution in [3.63, 3.8) is 0 Å². The van der Waals surface area contributed by atoms with Gasteiger partial charge in [0.25, 0.3) is 0 Å². The molecular weight excluding hydrogens is 232 g/mol. The Labute approximate surface area is 108 Å². The maximum atomic E-state index is 12.0. The maximum absolute atomic E-state index is 12.0. The molecule has 1 fully saturated rings. The van der Waals surface area contributed by atoms with Crippen LogP contribution in [0.15, 0.2) is 0 Å². The molecule has 5 nitrogen and oxygen atoms in total. The lowest BCUT2D eigenvalue weighted by Crippen LogP contribution is -2.52. The highest BCUT2D eigenvalue weighted by Crippen LogP contribution is 2.19. The second-order valence-electron chi connectivity index (χ2n) is 4.50. The van der Waals surface area contributed by atoms with Crippen LogP contribution in [0.5, 0.6) is 0 Å². The first-order valence-corrected chi connectivity index (χ1v) is 6.33. The fourth-order valence-corrected chi connectivity index (χ4v) is 2.24. The van der Waals surface area contributed by atoms with E-state index in [1.54, 1.807) is 4.90 Å². The number of carboxylic acids is 1. The van der Waals surface area contributed by atoms with Crippen LogP contribution in [-0.4, -0.2) is 40.6 Å². The number of urea groups is 1. The second-order valence-corrected chi connectivity index (χ2v) is 4.50. The van der Waals surface area contributed by atoms with E-state index in [0.29, 0.717) is 6.54 Å². The van der Waals surface area contributed by atoms with Gasteiger partial charge in [0, 0.05) is 19.0 Å². The molecule has 2 amide bonds. The summed E-state index contributed by atoms with van der Waals surface area (Å²) < 4.78 is 0. The summed E-state index contributed by atoms with van der Waals surface area (Å²) in [6, 6.07) is -1.11. The summed E-state index contributed by atoms with van der Waals surface area (Å²) in [5.41, 5.74) is 0. The lowest BCUT2D eigenvalue weighted by atomic mass is 10.0. The van der Waals surface area contributed by atoms with Gasteiger partial charge in [0.15, 0.2) is 0 Å². The Hall–Kier alpha value is -1.70. The van der Waals surface area contributed by atoms with Crippen molar-refractivity contribution in [1.29, 1.82) is 0 Å². The number of hydrogen-bond acceptors (Lipinski definition) is 2. The second kappa shape index (κ2) is 6.90. The zero-order chi connectivity index (χ0) is 13.5. The van der Waals surface area contributed by atoms with Crippen LogP contribution in [0.4, 0.5) is 4.79 Å². The number of aliphatic carboxylic acids is 1. The molecule has 2 atom stereocenters. The van der Waals surface area contributed by atoms with E-state index >= 15 is 0 Å². The number of likely N-dealkylation sites (tertiary alicyclic amines) is 1. The quantitative estimate of drug-likeness (QED) is 0.744. The summed E-state index contributed by atoms with van der Waals surface area (Å²) in [6.45, 7) is 2.72. The monoisotopic (exact) mass is 252 g/mol. The lowest BCUT2D eigenvalue weighted by Gasteiger charge is -2.35. The van der Waals surface area contributed by atoms with Crippen LogP contribution < -0.4 is 5.32 Å². The fraction of sp³-hybridized carbons (Fsp3) is 0.692. The number of carbonyl (C=O) groups excluding carboxylic acids is 1. The van der Waals surface area contributed by atoms with Crippen molar-refractivity contribution in [2.75, 3.05) is 6.54 Å². The van der Waals surface area contributed by atoms with Crippen molar-refractivity contribution >= 4 is 12.0 Å². The summed E-state index contributed by atoms with van der Waals surface area (Å²) in [6.07, 6.45) is 9.06. The molecule has 0 aliphatic carbocycles. The number of hydrogen-bond donors (Lipinski definition) is 2. The molecule has 1 saturated heterocycles. The Morgan fingerprint density at radius 3 is 2.83 bits per heavy atom. The van der Waals surface area contributed by atoms with Gasteiger partial charge in [-0.1, -0.05) is 6.92 Å². The molecule has 0 radical (unpaired) electrons. The van der Waals surface area contributed by atoms with E-state index in [9.17, 15) is 9.59 Å². The largest absolute Gasteiger partial charge is 0.480 e. The highest BCUT2D eigenvalue weighted by molar-refractivity contribution is 5.83. The minimum absolute atomic E-state index is 0.00566. The van der Waals surface area contributed by atoms with E-state index in [1.165, 1.54) is 0 Å². The first kappa shape index (κ1) is 14.4. The Kier molecular flexibility index (Phi) is 5.50. The van der Waals surface area contributed by atoms with E-state index in [0.717, 1.165) is 25.7 Å². The summed E-state index contributed by atoms with van der Waals surface area (Å²) in [5.74, 6) is 1.18. The first-order chi connectivity index (χ1) is 8.60. The van der Waals surface area contributed by atoms with Gasteiger partial charge in [-0.2, -0.15) is 0 Å². The average Bonchev–Trinajstić information content (AvgIpc) is 2.37. The highest BCUT2D eigenvalue weighted by Gasteiger charge is 2.28. The third-order valence-corrected chi connectivity index (χ3v) is 3.28. The molecule has 1 heterocycles. The van der Waals surface area contributed by atoms with Crippen LogP contribution in [0.25, 0.3) is 0 Å². The summed E-state index contributed by atoms with van der Waals surface area (Å²) in [4.78, 5) is 24.7. The van der Waals surface area contributed by atoms with Crippen LogP contribution in [0.1, 0.15) is 39.0 Å². The van der Waals surface area contributed by atoms with Gasteiger partial charge in [0.2, 0.25) is 0 Å². The predicted octanol–water partition coefficient (Wildman–Crippen LogP) is 1.44. The summed E-state index contributed by atoms with van der Waals surface area (Å²) >= 11 is 0. The summed E-state index contributed by atoms with van der Waals surface area (Å²) in [7, 11) is 0. The topological polar surface area (TPSA) is 69.6 Å². The molecule has 0 aromatic rings. The molecule has 2 unspecified atom stereocenters. The van der Waals surface area contributed by atoms with E-state index in [1.807, 2.05) is 6.92 Å². The standard InChI is InChI=1S/C13H20N2O3/c1-3-7-11(12(16)17)14-13(18)15-9-6-5-8-10(15)4-2/h1,10-11H,4-9H2,2H3,(H,14,18)(H,16,17). The van der Waals surface area contributed by atoms with Gasteiger partial charge < -0.3 is 15.3 Å². The molecule has 0 saturated carbocycles. The van der Waals surface area contributed by atoms with Gasteiger partial charge in [-0.15, -0.1) is 12.3 Å². The van der Waals surface area contributed by atoms with Crippen molar-refractivity contribution in [2.45, 2.75) is 51.1 Å². The van der Waals surface area contributed by atoms with Gasteiger partial charge in [0.1, 0.15) is 6.04 Å². The molecule has 0 spiro atoms. The van der Waals surface area contributed by atoms with E-state index < -0.39 is 12.0 Å². The molecule has 0 aromatic heterocycles. The maximum Gasteiger partial charge on any atom is 0.327 e. The first-order valence-electron chi connectivity index (χ1n) is 6.33. The number of carboxylic acid groups (broad SMARTS) is 1. The number of rotatable bonds is 4. The predicted molar refractivity (Wildman–Crippen MR) is 68.0 cm³/mol. The third kappa shape index (κ3) is 3.66. The zero-order valence-corrected chi connectivity index (χ0v) is 10.7. The van der Waals surface area contributed by atoms with E-state index in [4.69, 9.17) is 11.5 Å². The number of nitrogens with one attached hydrogen (secondary N) is 1. The molecule has 1 rings (SSSR count). The highest BCUT2D eigenvalue weighted by atomic mass is 16.4. The molecule has 18 heavy (non-hydrogen) atoms. The summed E-state index contributed by atoms with van der Waals surface area (Å²) in [5, 5.41) is 11.4. The Balaban J connectivity index is 2.62. The molecule has 1 aliphatic rings. The van der Waals surface area contributed by atoms with Crippen LogP contribution in [0.2, 0.25) is 0 Å². The van der Waals surface area contributed by atoms with Crippen molar-refractivity contribution in [2.24, 2.45) is 0 Å². The molecule has 0 aromatic carbocycles. The Bertz CT molecular complexity index is 349. The molecule has 0 bridgehead atoms. The molecule has 5 heteroatoms. The lowest BCUT2D eigenvalue weighted by molar-refractivity contribution is -0.139. The molecular formula is C13H20N2O3. The number of carbonyl (C=O) groups is 2. The minimum atomic E-state index is -1.09. The van der Waals surface area contributed by atoms with Crippen LogP contribution in [-0.2, 0) is 4.79 Å². The Morgan fingerprint density at radius 1 is 1.56 bits per heavy atom. The van der Waals surface area contributed by atoms with Crippen molar-refractivity contribution in [3.05, 3.63) is 0 Å². The van der Waals surface area contributed by atoms with Crippen molar-refractivity contribution in [3.8, 4) is 12.3 Å². The van der Waals surface area contributed by atoms with Crippen LogP contribution >= 0.6 is 0 Å². The number of piperidine rings is 1. The van der Waals surface area contributed by atoms with Crippen LogP contribution in [0, 0.1) is 12.3 Å². The number of terminal acetylenes is 1. The van der Waals surface area contributed by atoms with Crippen molar-refractivity contribution < 1.29 is 14.7 Å². The van der Waals surface area contributed by atoms with Crippen LogP contribution in [0.3, 0.4) is 0 Å².